The van der Waals surface area contributed by atoms with Crippen molar-refractivity contribution in [3.05, 3.63) is 42.2 Å². The molecule has 1 aromatic heterocycles. The number of hydrogen-bond donors (Lipinski definition) is 0. The van der Waals surface area contributed by atoms with Crippen molar-refractivity contribution in [2.75, 3.05) is 5.75 Å². The molecule has 1 saturated heterocycles. The van der Waals surface area contributed by atoms with Crippen molar-refractivity contribution in [1.82, 2.24) is 15.0 Å². The summed E-state index contributed by atoms with van der Waals surface area (Å²) in [4.78, 5) is 12.8. The summed E-state index contributed by atoms with van der Waals surface area (Å²) >= 11 is 3.64. The van der Waals surface area contributed by atoms with E-state index in [0.717, 1.165) is 11.4 Å². The molecule has 6 heteroatoms. The molecule has 0 saturated carbocycles. The molecule has 2 heterocycles. The third-order valence-corrected chi connectivity index (χ3v) is 7.04. The van der Waals surface area contributed by atoms with Crippen LogP contribution in [-0.2, 0) is 0 Å². The molecule has 0 spiro atoms. The quantitative estimate of drug-likeness (QED) is 0.814. The van der Waals surface area contributed by atoms with Crippen LogP contribution in [-0.4, -0.2) is 42.3 Å². The first-order valence-corrected chi connectivity index (χ1v) is 8.93. The number of Topliss-reactive ketones (excluding diaryl/α,β-unsaturated/α-hetero) is 1. The highest BCUT2D eigenvalue weighted by Crippen LogP contribution is 2.37. The molecule has 1 aliphatic heterocycles. The van der Waals surface area contributed by atoms with Crippen molar-refractivity contribution in [2.45, 2.75) is 29.6 Å². The second-order valence-corrected chi connectivity index (χ2v) is 8.09. The van der Waals surface area contributed by atoms with E-state index < -0.39 is 0 Å². The lowest BCUT2D eigenvalue weighted by atomic mass is 10.2. The number of ketones is 1. The van der Waals surface area contributed by atoms with Gasteiger partial charge in [-0.05, 0) is 12.1 Å². The van der Waals surface area contributed by atoms with Gasteiger partial charge in [-0.15, -0.1) is 16.9 Å². The van der Waals surface area contributed by atoms with Gasteiger partial charge in [-0.2, -0.15) is 11.8 Å². The zero-order valence-corrected chi connectivity index (χ0v) is 13.6. The molecule has 110 valence electrons. The second-order valence-electron chi connectivity index (χ2n) is 5.10. The minimum absolute atomic E-state index is 0.0119. The Morgan fingerprint density at radius 2 is 2.00 bits per heavy atom. The average Bonchev–Trinajstić information content (AvgIpc) is 2.99. The Kier molecular flexibility index (Phi) is 4.35. The SMILES string of the molecule is CC1SCC(C(=O)c2cnnn2-c2ccccc2)SC1C. The molecule has 1 fully saturated rings. The van der Waals surface area contributed by atoms with Crippen LogP contribution in [0.15, 0.2) is 36.5 Å². The van der Waals surface area contributed by atoms with Gasteiger partial charge in [0.05, 0.1) is 17.1 Å². The molecule has 3 rings (SSSR count). The van der Waals surface area contributed by atoms with Gasteiger partial charge in [0.15, 0.2) is 5.78 Å². The van der Waals surface area contributed by atoms with Crippen LogP contribution >= 0.6 is 23.5 Å². The maximum absolute atomic E-state index is 12.8. The zero-order chi connectivity index (χ0) is 14.8. The Hall–Kier alpha value is -1.27. The minimum atomic E-state index is -0.0119. The summed E-state index contributed by atoms with van der Waals surface area (Å²) in [5.74, 6) is 0.981. The van der Waals surface area contributed by atoms with Gasteiger partial charge in [-0.1, -0.05) is 37.3 Å². The first-order valence-electron chi connectivity index (χ1n) is 6.94. The number of rotatable bonds is 3. The second kappa shape index (κ2) is 6.23. The predicted molar refractivity (Wildman–Crippen MR) is 88.5 cm³/mol. The van der Waals surface area contributed by atoms with E-state index in [4.69, 9.17) is 0 Å². The number of para-hydroxylation sites is 1. The monoisotopic (exact) mass is 319 g/mol. The van der Waals surface area contributed by atoms with Crippen molar-refractivity contribution in [3.8, 4) is 5.69 Å². The standard InChI is InChI=1S/C15H17N3OS2/c1-10-11(2)21-14(9-20-10)15(19)13-8-16-17-18(13)12-6-4-3-5-7-12/h3-8,10-11,14H,9H2,1-2H3. The van der Waals surface area contributed by atoms with Crippen LogP contribution in [0.25, 0.3) is 5.69 Å². The van der Waals surface area contributed by atoms with Crippen molar-refractivity contribution in [2.24, 2.45) is 0 Å². The van der Waals surface area contributed by atoms with Gasteiger partial charge >= 0.3 is 0 Å². The van der Waals surface area contributed by atoms with Gasteiger partial charge in [0.1, 0.15) is 5.69 Å². The van der Waals surface area contributed by atoms with Crippen LogP contribution in [0, 0.1) is 0 Å². The molecular weight excluding hydrogens is 302 g/mol. The van der Waals surface area contributed by atoms with Crippen LogP contribution < -0.4 is 0 Å². The minimum Gasteiger partial charge on any atom is -0.291 e. The highest BCUT2D eigenvalue weighted by atomic mass is 32.2. The summed E-state index contributed by atoms with van der Waals surface area (Å²) in [5, 5.41) is 9.06. The highest BCUT2D eigenvalue weighted by molar-refractivity contribution is 8.08. The van der Waals surface area contributed by atoms with Gasteiger partial charge in [-0.25, -0.2) is 4.68 Å². The number of benzene rings is 1. The lowest BCUT2D eigenvalue weighted by Crippen LogP contribution is -2.32. The van der Waals surface area contributed by atoms with Gasteiger partial charge < -0.3 is 0 Å². The van der Waals surface area contributed by atoms with E-state index in [1.165, 1.54) is 0 Å². The van der Waals surface area contributed by atoms with E-state index in [1.54, 1.807) is 22.6 Å². The molecule has 0 N–H and O–H groups in total. The highest BCUT2D eigenvalue weighted by Gasteiger charge is 2.32. The van der Waals surface area contributed by atoms with Gasteiger partial charge in [-0.3, -0.25) is 4.79 Å². The van der Waals surface area contributed by atoms with E-state index in [0.29, 0.717) is 16.2 Å². The fourth-order valence-electron chi connectivity index (χ4n) is 2.25. The first kappa shape index (κ1) is 14.7. The van der Waals surface area contributed by atoms with Crippen LogP contribution in [0.1, 0.15) is 24.3 Å². The van der Waals surface area contributed by atoms with Crippen molar-refractivity contribution in [1.29, 1.82) is 0 Å². The van der Waals surface area contributed by atoms with E-state index >= 15 is 0 Å². The number of hydrogen-bond acceptors (Lipinski definition) is 5. The molecule has 0 bridgehead atoms. The largest absolute Gasteiger partial charge is 0.291 e. The molecule has 4 nitrogen and oxygen atoms in total. The van der Waals surface area contributed by atoms with Crippen molar-refractivity contribution < 1.29 is 4.79 Å². The molecule has 1 aliphatic rings. The van der Waals surface area contributed by atoms with Crippen LogP contribution in [0.4, 0.5) is 0 Å². The summed E-state index contributed by atoms with van der Waals surface area (Å²) in [7, 11) is 0. The Morgan fingerprint density at radius 1 is 1.24 bits per heavy atom. The molecule has 2 aromatic rings. The number of nitrogens with zero attached hydrogens (tertiary/aromatic N) is 3. The maximum atomic E-state index is 12.8. The molecule has 0 radical (unpaired) electrons. The summed E-state index contributed by atoms with van der Waals surface area (Å²) in [6.45, 7) is 4.41. The smallest absolute Gasteiger partial charge is 0.196 e. The Labute approximate surface area is 132 Å². The number of thioether (sulfide) groups is 2. The third-order valence-electron chi connectivity index (χ3n) is 3.65. The van der Waals surface area contributed by atoms with E-state index in [2.05, 4.69) is 24.2 Å². The number of carbonyl (C=O) groups excluding carboxylic acids is 1. The average molecular weight is 319 g/mol. The fraction of sp³-hybridized carbons (Fsp3) is 0.400. The van der Waals surface area contributed by atoms with Gasteiger partial charge in [0.2, 0.25) is 0 Å². The van der Waals surface area contributed by atoms with E-state index in [-0.39, 0.29) is 11.0 Å². The third kappa shape index (κ3) is 3.01. The summed E-state index contributed by atoms with van der Waals surface area (Å²) in [6, 6.07) is 9.66. The van der Waals surface area contributed by atoms with E-state index in [9.17, 15) is 4.79 Å². The Balaban J connectivity index is 1.85. The molecule has 0 amide bonds. The first-order chi connectivity index (χ1) is 10.2. The van der Waals surface area contributed by atoms with Crippen LogP contribution in [0.3, 0.4) is 0 Å². The number of carbonyl (C=O) groups is 1. The summed E-state index contributed by atoms with van der Waals surface area (Å²) in [5.41, 5.74) is 1.44. The Bertz CT molecular complexity index is 629. The van der Waals surface area contributed by atoms with Crippen LogP contribution in [0.5, 0.6) is 0 Å². The van der Waals surface area contributed by atoms with Crippen LogP contribution in [0.2, 0.25) is 0 Å². The normalized spacial score (nSPS) is 25.7. The fourth-order valence-corrected chi connectivity index (χ4v) is 5.11. The van der Waals surface area contributed by atoms with Gasteiger partial charge in [0, 0.05) is 16.3 Å². The number of aromatic nitrogens is 3. The lowest BCUT2D eigenvalue weighted by Gasteiger charge is -2.30. The summed E-state index contributed by atoms with van der Waals surface area (Å²) < 4.78 is 1.64. The topological polar surface area (TPSA) is 47.8 Å². The molecule has 0 aliphatic carbocycles. The lowest BCUT2D eigenvalue weighted by molar-refractivity contribution is 0.0987. The molecule has 21 heavy (non-hydrogen) atoms. The molecular formula is C15H17N3OS2. The molecule has 3 unspecified atom stereocenters. The van der Waals surface area contributed by atoms with E-state index in [1.807, 2.05) is 42.1 Å². The summed E-state index contributed by atoms with van der Waals surface area (Å²) in [6.07, 6.45) is 1.57. The van der Waals surface area contributed by atoms with Gasteiger partial charge in [0.25, 0.3) is 0 Å². The molecule has 3 atom stereocenters. The van der Waals surface area contributed by atoms with Crippen molar-refractivity contribution in [3.63, 3.8) is 0 Å². The Morgan fingerprint density at radius 3 is 2.71 bits per heavy atom. The maximum Gasteiger partial charge on any atom is 0.196 e. The van der Waals surface area contributed by atoms with Crippen molar-refractivity contribution >= 4 is 29.3 Å². The zero-order valence-electron chi connectivity index (χ0n) is 12.0. The molecule has 1 aromatic carbocycles. The predicted octanol–water partition coefficient (Wildman–Crippen LogP) is 3.08.